The first-order valence-corrected chi connectivity index (χ1v) is 11.5. The Balaban J connectivity index is 1.40. The molecule has 2 aromatic heterocycles. The van der Waals surface area contributed by atoms with Gasteiger partial charge in [-0.05, 0) is 60.0 Å². The molecule has 3 heterocycles. The summed E-state index contributed by atoms with van der Waals surface area (Å²) in [6.45, 7) is 7.12. The average Bonchev–Trinajstić information content (AvgIpc) is 3.30. The number of nitrogens with zero attached hydrogens (tertiary/aromatic N) is 2. The standard InChI is InChI=1S/C27H28N4O3/c1-18-2-7-21(34-15-12-31-10-13-33-14-11-31)16-23(18)25-17-24-22(8-9-29-27(24)30-25)19-3-5-20(6-4-19)26(28)32/h2-9,16-17H,10-15H2,1H3,(H2,28,32)(H,29,30). The lowest BCUT2D eigenvalue weighted by Gasteiger charge is -2.26. The maximum Gasteiger partial charge on any atom is 0.248 e. The van der Waals surface area contributed by atoms with E-state index >= 15 is 0 Å². The van der Waals surface area contributed by atoms with E-state index in [2.05, 4.69) is 40.0 Å². The Morgan fingerprint density at radius 3 is 2.65 bits per heavy atom. The Kier molecular flexibility index (Phi) is 6.29. The van der Waals surface area contributed by atoms with Gasteiger partial charge in [0.15, 0.2) is 0 Å². The molecule has 0 spiro atoms. The molecule has 174 valence electrons. The Labute approximate surface area is 198 Å². The number of nitrogens with two attached hydrogens (primary N) is 1. The largest absolute Gasteiger partial charge is 0.492 e. The van der Waals surface area contributed by atoms with E-state index < -0.39 is 5.91 Å². The van der Waals surface area contributed by atoms with Gasteiger partial charge in [-0.1, -0.05) is 18.2 Å². The summed E-state index contributed by atoms with van der Waals surface area (Å²) in [5, 5.41) is 1.02. The molecule has 0 aliphatic carbocycles. The number of aryl methyl sites for hydroxylation is 1. The smallest absolute Gasteiger partial charge is 0.248 e. The van der Waals surface area contributed by atoms with Crippen LogP contribution in [0.25, 0.3) is 33.4 Å². The molecule has 7 heteroatoms. The van der Waals surface area contributed by atoms with E-state index in [9.17, 15) is 4.79 Å². The highest BCUT2D eigenvalue weighted by Crippen LogP contribution is 2.34. The third kappa shape index (κ3) is 4.66. The number of rotatable bonds is 7. The second-order valence-electron chi connectivity index (χ2n) is 8.52. The highest BCUT2D eigenvalue weighted by Gasteiger charge is 2.14. The van der Waals surface area contributed by atoms with Crippen molar-refractivity contribution >= 4 is 16.9 Å². The van der Waals surface area contributed by atoms with Crippen LogP contribution in [-0.2, 0) is 4.74 Å². The maximum atomic E-state index is 11.4. The van der Waals surface area contributed by atoms with E-state index in [1.54, 1.807) is 18.3 Å². The van der Waals surface area contributed by atoms with E-state index in [0.717, 1.165) is 77.6 Å². The van der Waals surface area contributed by atoms with Gasteiger partial charge >= 0.3 is 0 Å². The predicted octanol–water partition coefficient (Wildman–Crippen LogP) is 4.02. The Hall–Kier alpha value is -3.68. The minimum Gasteiger partial charge on any atom is -0.492 e. The summed E-state index contributed by atoms with van der Waals surface area (Å²) in [7, 11) is 0. The van der Waals surface area contributed by atoms with E-state index in [0.29, 0.717) is 12.2 Å². The van der Waals surface area contributed by atoms with Gasteiger partial charge in [0.1, 0.15) is 18.0 Å². The molecule has 0 bridgehead atoms. The molecule has 0 atom stereocenters. The number of amides is 1. The van der Waals surface area contributed by atoms with Crippen molar-refractivity contribution < 1.29 is 14.3 Å². The van der Waals surface area contributed by atoms with Crippen molar-refractivity contribution in [3.8, 4) is 28.1 Å². The van der Waals surface area contributed by atoms with Gasteiger partial charge < -0.3 is 20.2 Å². The molecule has 34 heavy (non-hydrogen) atoms. The van der Waals surface area contributed by atoms with Crippen molar-refractivity contribution in [1.82, 2.24) is 14.9 Å². The maximum absolute atomic E-state index is 11.4. The number of morpholine rings is 1. The first-order valence-electron chi connectivity index (χ1n) is 11.5. The summed E-state index contributed by atoms with van der Waals surface area (Å²) in [5.41, 5.74) is 11.9. The lowest BCUT2D eigenvalue weighted by Crippen LogP contribution is -2.38. The Morgan fingerprint density at radius 2 is 1.88 bits per heavy atom. The fraction of sp³-hybridized carbons (Fsp3) is 0.259. The predicted molar refractivity (Wildman–Crippen MR) is 133 cm³/mol. The van der Waals surface area contributed by atoms with Crippen LogP contribution in [0, 0.1) is 6.92 Å². The lowest BCUT2D eigenvalue weighted by molar-refractivity contribution is 0.0322. The molecule has 0 saturated carbocycles. The number of fused-ring (bicyclic) bond motifs is 1. The molecule has 1 aliphatic heterocycles. The minimum absolute atomic E-state index is 0.433. The van der Waals surface area contributed by atoms with Gasteiger partial charge in [-0.3, -0.25) is 9.69 Å². The monoisotopic (exact) mass is 456 g/mol. The van der Waals surface area contributed by atoms with Gasteiger partial charge in [-0.15, -0.1) is 0 Å². The fourth-order valence-corrected chi connectivity index (χ4v) is 4.34. The topological polar surface area (TPSA) is 93.5 Å². The molecule has 5 rings (SSSR count). The van der Waals surface area contributed by atoms with Crippen LogP contribution >= 0.6 is 0 Å². The van der Waals surface area contributed by atoms with E-state index in [1.165, 1.54) is 0 Å². The van der Waals surface area contributed by atoms with E-state index in [-0.39, 0.29) is 0 Å². The first-order chi connectivity index (χ1) is 16.6. The number of pyridine rings is 1. The van der Waals surface area contributed by atoms with Crippen LogP contribution in [0.2, 0.25) is 0 Å². The van der Waals surface area contributed by atoms with Crippen molar-refractivity contribution in [2.24, 2.45) is 5.73 Å². The van der Waals surface area contributed by atoms with Gasteiger partial charge in [0.25, 0.3) is 0 Å². The molecular formula is C27H28N4O3. The summed E-state index contributed by atoms with van der Waals surface area (Å²) < 4.78 is 11.5. The summed E-state index contributed by atoms with van der Waals surface area (Å²) >= 11 is 0. The number of carbonyl (C=O) groups is 1. The van der Waals surface area contributed by atoms with Gasteiger partial charge in [-0.25, -0.2) is 4.98 Å². The SMILES string of the molecule is Cc1ccc(OCCN2CCOCC2)cc1-c1cc2c(-c3ccc(C(N)=O)cc3)ccnc2[nH]1. The molecule has 1 saturated heterocycles. The van der Waals surface area contributed by atoms with Gasteiger partial charge in [0.2, 0.25) is 5.91 Å². The van der Waals surface area contributed by atoms with Crippen molar-refractivity contribution in [3.63, 3.8) is 0 Å². The van der Waals surface area contributed by atoms with Gasteiger partial charge in [0.05, 0.1) is 13.2 Å². The van der Waals surface area contributed by atoms with Crippen LogP contribution in [0.3, 0.4) is 0 Å². The molecule has 1 fully saturated rings. The van der Waals surface area contributed by atoms with Crippen LogP contribution in [-0.4, -0.2) is 60.2 Å². The number of nitrogens with one attached hydrogen (secondary N) is 1. The summed E-state index contributed by atoms with van der Waals surface area (Å²) in [6, 6.07) is 17.6. The summed E-state index contributed by atoms with van der Waals surface area (Å²) in [5.74, 6) is 0.417. The van der Waals surface area contributed by atoms with Crippen molar-refractivity contribution in [2.45, 2.75) is 6.92 Å². The molecule has 3 N–H and O–H groups in total. The third-order valence-electron chi connectivity index (χ3n) is 6.29. The molecular weight excluding hydrogens is 428 g/mol. The Bertz CT molecular complexity index is 1310. The van der Waals surface area contributed by atoms with Crippen LogP contribution in [0.5, 0.6) is 5.75 Å². The highest BCUT2D eigenvalue weighted by molar-refractivity contribution is 5.97. The zero-order valence-electron chi connectivity index (χ0n) is 19.2. The van der Waals surface area contributed by atoms with Crippen molar-refractivity contribution in [1.29, 1.82) is 0 Å². The molecule has 1 aliphatic rings. The van der Waals surface area contributed by atoms with Crippen LogP contribution in [0.15, 0.2) is 60.8 Å². The van der Waals surface area contributed by atoms with Crippen molar-refractivity contribution in [2.75, 3.05) is 39.5 Å². The van der Waals surface area contributed by atoms with Gasteiger partial charge in [-0.2, -0.15) is 0 Å². The van der Waals surface area contributed by atoms with Gasteiger partial charge in [0, 0.05) is 48.0 Å². The number of hydrogen-bond acceptors (Lipinski definition) is 5. The summed E-state index contributed by atoms with van der Waals surface area (Å²) in [6.07, 6.45) is 1.79. The molecule has 0 unspecified atom stereocenters. The number of primary amides is 1. The number of hydrogen-bond donors (Lipinski definition) is 2. The number of benzene rings is 2. The van der Waals surface area contributed by atoms with Crippen LogP contribution in [0.1, 0.15) is 15.9 Å². The van der Waals surface area contributed by atoms with Crippen LogP contribution in [0.4, 0.5) is 0 Å². The number of H-pyrrole nitrogens is 1. The molecule has 1 amide bonds. The fourth-order valence-electron chi connectivity index (χ4n) is 4.34. The molecule has 0 radical (unpaired) electrons. The third-order valence-corrected chi connectivity index (χ3v) is 6.29. The second kappa shape index (κ2) is 9.67. The lowest BCUT2D eigenvalue weighted by atomic mass is 10.0. The molecule has 2 aromatic carbocycles. The normalized spacial score (nSPS) is 14.4. The highest BCUT2D eigenvalue weighted by atomic mass is 16.5. The number of aromatic nitrogens is 2. The number of aromatic amines is 1. The van der Waals surface area contributed by atoms with Crippen molar-refractivity contribution in [3.05, 3.63) is 71.9 Å². The summed E-state index contributed by atoms with van der Waals surface area (Å²) in [4.78, 5) is 21.8. The zero-order chi connectivity index (χ0) is 23.5. The number of ether oxygens (including phenoxy) is 2. The Morgan fingerprint density at radius 1 is 1.09 bits per heavy atom. The zero-order valence-corrected chi connectivity index (χ0v) is 19.2. The molecule has 4 aromatic rings. The quantitative estimate of drug-likeness (QED) is 0.438. The van der Waals surface area contributed by atoms with E-state index in [1.807, 2.05) is 24.3 Å². The minimum atomic E-state index is -0.433. The second-order valence-corrected chi connectivity index (χ2v) is 8.52. The average molecular weight is 457 g/mol. The number of carbonyl (C=O) groups excluding carboxylic acids is 1. The first kappa shape index (κ1) is 22.1. The van der Waals surface area contributed by atoms with E-state index in [4.69, 9.17) is 15.2 Å². The molecule has 7 nitrogen and oxygen atoms in total. The van der Waals surface area contributed by atoms with Crippen LogP contribution < -0.4 is 10.5 Å².